The molecule has 0 fully saturated rings. The highest BCUT2D eigenvalue weighted by Gasteiger charge is 2.06. The zero-order valence-electron chi connectivity index (χ0n) is 13.7. The molecular formula is C17H18N6OS. The standard InChI is InChI=1S/C17H18N6OS/c1-12-21-15(11-16(22-12)23-14-6-2-3-7-18-14)19-8-9-20-17(24)13-5-4-10-25-13/h2-7,10-11H,8-9H2,1H3,(H,20,24)(H2,18,19,21,22,23). The maximum Gasteiger partial charge on any atom is 0.261 e. The number of carbonyl (C=O) groups is 1. The predicted molar refractivity (Wildman–Crippen MR) is 99.4 cm³/mol. The van der Waals surface area contributed by atoms with E-state index in [1.807, 2.05) is 42.6 Å². The van der Waals surface area contributed by atoms with E-state index in [-0.39, 0.29) is 5.91 Å². The number of rotatable bonds is 7. The fourth-order valence-electron chi connectivity index (χ4n) is 2.15. The average molecular weight is 354 g/mol. The smallest absolute Gasteiger partial charge is 0.261 e. The summed E-state index contributed by atoms with van der Waals surface area (Å²) in [6, 6.07) is 11.1. The zero-order chi connectivity index (χ0) is 17.5. The van der Waals surface area contributed by atoms with Crippen LogP contribution in [-0.2, 0) is 0 Å². The van der Waals surface area contributed by atoms with E-state index in [9.17, 15) is 4.79 Å². The summed E-state index contributed by atoms with van der Waals surface area (Å²) in [4.78, 5) is 25.5. The first-order valence-corrected chi connectivity index (χ1v) is 8.68. The molecule has 0 saturated carbocycles. The van der Waals surface area contributed by atoms with Gasteiger partial charge < -0.3 is 16.0 Å². The molecule has 3 rings (SSSR count). The topological polar surface area (TPSA) is 91.8 Å². The highest BCUT2D eigenvalue weighted by atomic mass is 32.1. The van der Waals surface area contributed by atoms with Crippen LogP contribution in [0, 0.1) is 6.92 Å². The number of thiophene rings is 1. The number of anilines is 3. The monoisotopic (exact) mass is 354 g/mol. The lowest BCUT2D eigenvalue weighted by molar-refractivity contribution is 0.0959. The fourth-order valence-corrected chi connectivity index (χ4v) is 2.79. The van der Waals surface area contributed by atoms with Gasteiger partial charge >= 0.3 is 0 Å². The van der Waals surface area contributed by atoms with Crippen molar-refractivity contribution in [3.05, 3.63) is 58.7 Å². The molecule has 0 spiro atoms. The first-order valence-electron chi connectivity index (χ1n) is 7.80. The van der Waals surface area contributed by atoms with Crippen molar-refractivity contribution in [2.24, 2.45) is 0 Å². The molecule has 1 amide bonds. The normalized spacial score (nSPS) is 10.3. The van der Waals surface area contributed by atoms with Crippen LogP contribution in [0.2, 0.25) is 0 Å². The van der Waals surface area contributed by atoms with Crippen molar-refractivity contribution >= 4 is 34.7 Å². The van der Waals surface area contributed by atoms with Crippen molar-refractivity contribution in [2.75, 3.05) is 23.7 Å². The molecule has 0 aliphatic rings. The van der Waals surface area contributed by atoms with Gasteiger partial charge in [0.15, 0.2) is 0 Å². The van der Waals surface area contributed by atoms with E-state index in [4.69, 9.17) is 0 Å². The third kappa shape index (κ3) is 4.98. The summed E-state index contributed by atoms with van der Waals surface area (Å²) in [6.45, 7) is 2.90. The van der Waals surface area contributed by atoms with Crippen molar-refractivity contribution in [3.63, 3.8) is 0 Å². The van der Waals surface area contributed by atoms with Gasteiger partial charge in [0.25, 0.3) is 5.91 Å². The SMILES string of the molecule is Cc1nc(NCCNC(=O)c2cccs2)cc(Nc2ccccn2)n1. The molecule has 0 aliphatic heterocycles. The summed E-state index contributed by atoms with van der Waals surface area (Å²) in [5.74, 6) is 2.65. The molecule has 25 heavy (non-hydrogen) atoms. The van der Waals surface area contributed by atoms with Gasteiger partial charge in [0, 0.05) is 25.4 Å². The second kappa shape index (κ2) is 8.20. The third-order valence-electron chi connectivity index (χ3n) is 3.22. The van der Waals surface area contributed by atoms with Crippen LogP contribution in [0.4, 0.5) is 17.5 Å². The highest BCUT2D eigenvalue weighted by molar-refractivity contribution is 7.12. The van der Waals surface area contributed by atoms with Crippen LogP contribution in [0.1, 0.15) is 15.5 Å². The minimum atomic E-state index is -0.0619. The van der Waals surface area contributed by atoms with Crippen LogP contribution < -0.4 is 16.0 Å². The second-order valence-corrected chi connectivity index (χ2v) is 6.13. The minimum absolute atomic E-state index is 0.0619. The molecule has 0 aliphatic carbocycles. The van der Waals surface area contributed by atoms with Gasteiger partial charge in [-0.1, -0.05) is 12.1 Å². The van der Waals surface area contributed by atoms with Crippen molar-refractivity contribution in [3.8, 4) is 0 Å². The number of amides is 1. The summed E-state index contributed by atoms with van der Waals surface area (Å²) < 4.78 is 0. The van der Waals surface area contributed by atoms with Crippen LogP contribution in [0.5, 0.6) is 0 Å². The lowest BCUT2D eigenvalue weighted by Crippen LogP contribution is -2.28. The molecule has 0 atom stereocenters. The van der Waals surface area contributed by atoms with Gasteiger partial charge in [0.2, 0.25) is 0 Å². The van der Waals surface area contributed by atoms with E-state index >= 15 is 0 Å². The first kappa shape index (κ1) is 16.8. The summed E-state index contributed by atoms with van der Waals surface area (Å²) in [5, 5.41) is 11.1. The van der Waals surface area contributed by atoms with Gasteiger partial charge in [-0.2, -0.15) is 0 Å². The van der Waals surface area contributed by atoms with Crippen molar-refractivity contribution < 1.29 is 4.79 Å². The maximum absolute atomic E-state index is 11.9. The van der Waals surface area contributed by atoms with Gasteiger partial charge in [-0.3, -0.25) is 4.79 Å². The Labute approximate surface area is 149 Å². The van der Waals surface area contributed by atoms with E-state index in [0.29, 0.717) is 35.4 Å². The summed E-state index contributed by atoms with van der Waals surface area (Å²) in [5.41, 5.74) is 0. The number of pyridine rings is 1. The third-order valence-corrected chi connectivity index (χ3v) is 4.09. The summed E-state index contributed by atoms with van der Waals surface area (Å²) in [7, 11) is 0. The number of nitrogens with one attached hydrogen (secondary N) is 3. The Morgan fingerprint density at radius 3 is 2.72 bits per heavy atom. The molecule has 0 aromatic carbocycles. The molecule has 0 bridgehead atoms. The number of hydrogen-bond donors (Lipinski definition) is 3. The molecule has 0 radical (unpaired) electrons. The molecular weight excluding hydrogens is 336 g/mol. The molecule has 7 nitrogen and oxygen atoms in total. The van der Waals surface area contributed by atoms with Crippen molar-refractivity contribution in [2.45, 2.75) is 6.92 Å². The lowest BCUT2D eigenvalue weighted by atomic mass is 10.4. The van der Waals surface area contributed by atoms with Crippen molar-refractivity contribution in [1.29, 1.82) is 0 Å². The number of aryl methyl sites for hydroxylation is 1. The average Bonchev–Trinajstić information content (AvgIpc) is 3.14. The quantitative estimate of drug-likeness (QED) is 0.565. The van der Waals surface area contributed by atoms with E-state index in [1.165, 1.54) is 11.3 Å². The van der Waals surface area contributed by atoms with Crippen LogP contribution in [-0.4, -0.2) is 33.9 Å². The Kier molecular flexibility index (Phi) is 5.53. The van der Waals surface area contributed by atoms with Crippen LogP contribution in [0.3, 0.4) is 0 Å². The molecule has 0 saturated heterocycles. The largest absolute Gasteiger partial charge is 0.368 e. The number of nitrogens with zero attached hydrogens (tertiary/aromatic N) is 3. The Morgan fingerprint density at radius 1 is 1.08 bits per heavy atom. The Balaban J connectivity index is 1.53. The molecule has 3 heterocycles. The summed E-state index contributed by atoms with van der Waals surface area (Å²) in [6.07, 6.45) is 1.71. The number of carbonyl (C=O) groups excluding carboxylic acids is 1. The number of hydrogen-bond acceptors (Lipinski definition) is 7. The Bertz CT molecular complexity index is 822. The Hall–Kier alpha value is -3.00. The van der Waals surface area contributed by atoms with Crippen LogP contribution in [0.25, 0.3) is 0 Å². The van der Waals surface area contributed by atoms with Gasteiger partial charge in [0.1, 0.15) is 23.3 Å². The van der Waals surface area contributed by atoms with E-state index in [0.717, 1.165) is 5.82 Å². The number of aromatic nitrogens is 3. The Morgan fingerprint density at radius 2 is 1.96 bits per heavy atom. The van der Waals surface area contributed by atoms with Crippen LogP contribution in [0.15, 0.2) is 48.0 Å². The highest BCUT2D eigenvalue weighted by Crippen LogP contribution is 2.15. The molecule has 3 aromatic rings. The molecule has 0 unspecified atom stereocenters. The maximum atomic E-state index is 11.9. The second-order valence-electron chi connectivity index (χ2n) is 5.19. The van der Waals surface area contributed by atoms with Gasteiger partial charge in [-0.05, 0) is 30.5 Å². The molecule has 128 valence electrons. The molecule has 3 N–H and O–H groups in total. The van der Waals surface area contributed by atoms with Gasteiger partial charge in [-0.15, -0.1) is 11.3 Å². The van der Waals surface area contributed by atoms with E-state index < -0.39 is 0 Å². The minimum Gasteiger partial charge on any atom is -0.368 e. The lowest BCUT2D eigenvalue weighted by Gasteiger charge is -2.10. The predicted octanol–water partition coefficient (Wildman–Crippen LogP) is 2.83. The van der Waals surface area contributed by atoms with E-state index in [2.05, 4.69) is 30.9 Å². The fraction of sp³-hybridized carbons (Fsp3) is 0.176. The zero-order valence-corrected chi connectivity index (χ0v) is 14.5. The van der Waals surface area contributed by atoms with E-state index in [1.54, 1.807) is 12.3 Å². The van der Waals surface area contributed by atoms with Crippen LogP contribution >= 0.6 is 11.3 Å². The first-order chi connectivity index (χ1) is 12.2. The molecule has 3 aromatic heterocycles. The summed E-state index contributed by atoms with van der Waals surface area (Å²) >= 11 is 1.42. The van der Waals surface area contributed by atoms with Crippen molar-refractivity contribution in [1.82, 2.24) is 20.3 Å². The van der Waals surface area contributed by atoms with Gasteiger partial charge in [0.05, 0.1) is 4.88 Å². The van der Waals surface area contributed by atoms with Gasteiger partial charge in [-0.25, -0.2) is 15.0 Å². The molecule has 8 heteroatoms.